The lowest BCUT2D eigenvalue weighted by Gasteiger charge is -2.04. The molecule has 1 aromatic carbocycles. The zero-order valence-corrected chi connectivity index (χ0v) is 15.2. The predicted octanol–water partition coefficient (Wildman–Crippen LogP) is 3.25. The molecule has 3 aromatic rings. The summed E-state index contributed by atoms with van der Waals surface area (Å²) in [4.78, 5) is 16.5. The number of hydrogen-bond donors (Lipinski definition) is 1. The Kier molecular flexibility index (Phi) is 6.12. The van der Waals surface area contributed by atoms with Gasteiger partial charge in [0, 0.05) is 18.3 Å². The predicted molar refractivity (Wildman–Crippen MR) is 106 cm³/mol. The van der Waals surface area contributed by atoms with Gasteiger partial charge in [0.2, 0.25) is 0 Å². The maximum atomic E-state index is 12.2. The maximum Gasteiger partial charge on any atom is 0.356 e. The van der Waals surface area contributed by atoms with Gasteiger partial charge in [0.1, 0.15) is 5.69 Å². The van der Waals surface area contributed by atoms with Crippen molar-refractivity contribution in [3.05, 3.63) is 71.7 Å². The molecule has 6 nitrogen and oxygen atoms in total. The summed E-state index contributed by atoms with van der Waals surface area (Å²) < 4.78 is 6.70. The van der Waals surface area contributed by atoms with E-state index in [4.69, 9.17) is 10.5 Å². The maximum absolute atomic E-state index is 12.2. The summed E-state index contributed by atoms with van der Waals surface area (Å²) in [7, 11) is 0. The lowest BCUT2D eigenvalue weighted by atomic mass is 10.1. The minimum absolute atomic E-state index is 0.311. The minimum Gasteiger partial charge on any atom is -0.461 e. The van der Waals surface area contributed by atoms with Gasteiger partial charge in [-0.15, -0.1) is 0 Å². The van der Waals surface area contributed by atoms with Crippen LogP contribution in [-0.2, 0) is 11.3 Å². The summed E-state index contributed by atoms with van der Waals surface area (Å²) in [5, 5.41) is 4.52. The van der Waals surface area contributed by atoms with Crippen molar-refractivity contribution in [2.24, 2.45) is 5.73 Å². The van der Waals surface area contributed by atoms with Gasteiger partial charge in [-0.05, 0) is 36.8 Å². The summed E-state index contributed by atoms with van der Waals surface area (Å²) in [5.74, 6) is -0.400. The molecule has 2 heterocycles. The Morgan fingerprint density at radius 3 is 2.74 bits per heavy atom. The van der Waals surface area contributed by atoms with Crippen LogP contribution in [-0.4, -0.2) is 33.9 Å². The summed E-state index contributed by atoms with van der Waals surface area (Å²) in [5.41, 5.74) is 9.50. The van der Waals surface area contributed by atoms with Crippen molar-refractivity contribution in [1.82, 2.24) is 14.8 Å². The first-order valence-corrected chi connectivity index (χ1v) is 8.86. The molecule has 0 saturated heterocycles. The molecule has 0 aliphatic heterocycles. The van der Waals surface area contributed by atoms with Crippen molar-refractivity contribution < 1.29 is 9.53 Å². The molecule has 6 heteroatoms. The van der Waals surface area contributed by atoms with Crippen LogP contribution in [0.4, 0.5) is 0 Å². The second-order valence-corrected chi connectivity index (χ2v) is 5.86. The average Bonchev–Trinajstić information content (AvgIpc) is 3.12. The SMILES string of the molecule is CCOC(=O)c1cc(-c2ccnc(/C=C/c3ccccc3)c2)nn1CCN. The second kappa shape index (κ2) is 8.91. The molecule has 2 aromatic heterocycles. The standard InChI is InChI=1S/C21H22N4O2/c1-2-27-21(26)20-15-19(24-25(20)13-11-22)17-10-12-23-18(14-17)9-8-16-6-4-3-5-7-16/h3-10,12,14-15H,2,11,13,22H2,1H3/b9-8+. The molecule has 0 saturated carbocycles. The van der Waals surface area contributed by atoms with Gasteiger partial charge in [-0.2, -0.15) is 5.10 Å². The Bertz CT molecular complexity index is 932. The van der Waals surface area contributed by atoms with Crippen molar-refractivity contribution in [1.29, 1.82) is 0 Å². The molecule has 0 aliphatic carbocycles. The molecule has 27 heavy (non-hydrogen) atoms. The van der Waals surface area contributed by atoms with Crippen molar-refractivity contribution >= 4 is 18.1 Å². The topological polar surface area (TPSA) is 83.0 Å². The highest BCUT2D eigenvalue weighted by Crippen LogP contribution is 2.21. The van der Waals surface area contributed by atoms with Crippen molar-refractivity contribution in [3.63, 3.8) is 0 Å². The molecule has 2 N–H and O–H groups in total. The van der Waals surface area contributed by atoms with E-state index in [1.807, 2.05) is 54.6 Å². The summed E-state index contributed by atoms with van der Waals surface area (Å²) in [6.45, 7) is 2.91. The normalized spacial score (nSPS) is 11.0. The number of nitrogens with zero attached hydrogens (tertiary/aromatic N) is 3. The van der Waals surface area contributed by atoms with Crippen molar-refractivity contribution in [3.8, 4) is 11.3 Å². The third-order valence-electron chi connectivity index (χ3n) is 3.93. The van der Waals surface area contributed by atoms with Crippen molar-refractivity contribution in [2.75, 3.05) is 13.2 Å². The summed E-state index contributed by atoms with van der Waals surface area (Å²) in [6, 6.07) is 15.5. The number of benzene rings is 1. The van der Waals surface area contributed by atoms with E-state index in [0.29, 0.717) is 31.1 Å². The van der Waals surface area contributed by atoms with E-state index in [1.54, 1.807) is 23.9 Å². The molecule has 0 unspecified atom stereocenters. The zero-order valence-electron chi connectivity index (χ0n) is 15.2. The van der Waals surface area contributed by atoms with Crippen LogP contribution < -0.4 is 5.73 Å². The average molecular weight is 362 g/mol. The Morgan fingerprint density at radius 1 is 1.19 bits per heavy atom. The van der Waals surface area contributed by atoms with Gasteiger partial charge in [0.05, 0.1) is 24.5 Å². The number of carbonyl (C=O) groups excluding carboxylic acids is 1. The van der Waals surface area contributed by atoms with Crippen LogP contribution in [0.15, 0.2) is 54.7 Å². The molecule has 0 spiro atoms. The fraction of sp³-hybridized carbons (Fsp3) is 0.190. The fourth-order valence-electron chi connectivity index (χ4n) is 2.66. The Labute approximate surface area is 158 Å². The zero-order chi connectivity index (χ0) is 19.1. The van der Waals surface area contributed by atoms with Crippen molar-refractivity contribution in [2.45, 2.75) is 13.5 Å². The second-order valence-electron chi connectivity index (χ2n) is 5.86. The van der Waals surface area contributed by atoms with Gasteiger partial charge >= 0.3 is 5.97 Å². The number of nitrogens with two attached hydrogens (primary N) is 1. The molecule has 0 atom stereocenters. The third kappa shape index (κ3) is 4.68. The van der Waals surface area contributed by atoms with Gasteiger partial charge in [-0.3, -0.25) is 9.67 Å². The third-order valence-corrected chi connectivity index (χ3v) is 3.93. The van der Waals surface area contributed by atoms with Crippen LogP contribution in [0.3, 0.4) is 0 Å². The Morgan fingerprint density at radius 2 is 2.00 bits per heavy atom. The highest BCUT2D eigenvalue weighted by atomic mass is 16.5. The highest BCUT2D eigenvalue weighted by molar-refractivity contribution is 5.89. The first-order valence-electron chi connectivity index (χ1n) is 8.86. The van der Waals surface area contributed by atoms with Gasteiger partial charge in [-0.1, -0.05) is 36.4 Å². The molecular weight excluding hydrogens is 340 g/mol. The minimum atomic E-state index is -0.400. The van der Waals surface area contributed by atoms with Crippen LogP contribution in [0.5, 0.6) is 0 Å². The Hall–Kier alpha value is -3.25. The van der Waals surface area contributed by atoms with Crippen LogP contribution in [0, 0.1) is 0 Å². The molecule has 3 rings (SSSR count). The van der Waals surface area contributed by atoms with E-state index in [9.17, 15) is 4.79 Å². The smallest absolute Gasteiger partial charge is 0.356 e. The van der Waals surface area contributed by atoms with E-state index >= 15 is 0 Å². The first kappa shape index (κ1) is 18.5. The van der Waals surface area contributed by atoms with Gasteiger partial charge in [0.25, 0.3) is 0 Å². The monoisotopic (exact) mass is 362 g/mol. The van der Waals surface area contributed by atoms with Gasteiger partial charge < -0.3 is 10.5 Å². The van der Waals surface area contributed by atoms with Gasteiger partial charge in [0.15, 0.2) is 0 Å². The molecule has 0 bridgehead atoms. The van der Waals surface area contributed by atoms with Gasteiger partial charge in [-0.25, -0.2) is 4.79 Å². The van der Waals surface area contributed by atoms with E-state index in [0.717, 1.165) is 16.8 Å². The molecule has 0 amide bonds. The van der Waals surface area contributed by atoms with Crippen LogP contribution in [0.25, 0.3) is 23.4 Å². The van der Waals surface area contributed by atoms with Crippen LogP contribution in [0.1, 0.15) is 28.7 Å². The van der Waals surface area contributed by atoms with E-state index in [2.05, 4.69) is 10.1 Å². The number of pyridine rings is 1. The fourth-order valence-corrected chi connectivity index (χ4v) is 2.66. The number of rotatable bonds is 7. The molecular formula is C21H22N4O2. The number of carbonyl (C=O) groups is 1. The molecule has 138 valence electrons. The van der Waals surface area contributed by atoms with Crippen LogP contribution in [0.2, 0.25) is 0 Å². The molecule has 0 fully saturated rings. The van der Waals surface area contributed by atoms with Crippen LogP contribution >= 0.6 is 0 Å². The summed E-state index contributed by atoms with van der Waals surface area (Å²) >= 11 is 0. The molecule has 0 radical (unpaired) electrons. The van der Waals surface area contributed by atoms with E-state index < -0.39 is 5.97 Å². The van der Waals surface area contributed by atoms with E-state index in [1.165, 1.54) is 0 Å². The molecule has 0 aliphatic rings. The lowest BCUT2D eigenvalue weighted by molar-refractivity contribution is 0.0512. The lowest BCUT2D eigenvalue weighted by Crippen LogP contribution is -2.17. The quantitative estimate of drug-likeness (QED) is 0.652. The summed E-state index contributed by atoms with van der Waals surface area (Å²) in [6.07, 6.45) is 5.68. The number of esters is 1. The number of hydrogen-bond acceptors (Lipinski definition) is 5. The number of aromatic nitrogens is 3. The Balaban J connectivity index is 1.89. The first-order chi connectivity index (χ1) is 13.2. The van der Waals surface area contributed by atoms with E-state index in [-0.39, 0.29) is 0 Å². The number of ether oxygens (including phenoxy) is 1. The highest BCUT2D eigenvalue weighted by Gasteiger charge is 2.17. The largest absolute Gasteiger partial charge is 0.461 e.